The van der Waals surface area contributed by atoms with Crippen LogP contribution in [-0.4, -0.2) is 56.7 Å². The summed E-state index contributed by atoms with van der Waals surface area (Å²) >= 11 is 9.74. The highest BCUT2D eigenvalue weighted by Gasteiger charge is 2.31. The Morgan fingerprint density at radius 2 is 1.90 bits per heavy atom. The van der Waals surface area contributed by atoms with Gasteiger partial charge in [0.1, 0.15) is 5.75 Å². The second kappa shape index (κ2) is 9.00. The average Bonchev–Trinajstić information content (AvgIpc) is 3.17. The van der Waals surface area contributed by atoms with Gasteiger partial charge in [-0.2, -0.15) is 0 Å². The molecule has 166 valence electrons. The van der Waals surface area contributed by atoms with Crippen LogP contribution in [0, 0.1) is 0 Å². The Balaban J connectivity index is 1.63. The van der Waals surface area contributed by atoms with E-state index < -0.39 is 0 Å². The van der Waals surface area contributed by atoms with Crippen LogP contribution < -0.4 is 14.5 Å². The summed E-state index contributed by atoms with van der Waals surface area (Å²) in [4.78, 5) is 20.0. The van der Waals surface area contributed by atoms with E-state index in [2.05, 4.69) is 58.8 Å². The molecule has 0 radical (unpaired) electrons. The fourth-order valence-electron chi connectivity index (χ4n) is 4.62. The molecule has 0 N–H and O–H groups in total. The molecule has 1 fully saturated rings. The molecule has 0 spiro atoms. The minimum atomic E-state index is 0.0814. The van der Waals surface area contributed by atoms with Crippen molar-refractivity contribution >= 4 is 44.8 Å². The van der Waals surface area contributed by atoms with Crippen LogP contribution in [0.5, 0.6) is 5.75 Å². The smallest absolute Gasteiger partial charge is 0.231 e. The molecule has 2 heterocycles. The van der Waals surface area contributed by atoms with E-state index in [1.54, 1.807) is 7.11 Å². The number of hydrogen-bond donors (Lipinski definition) is 0. The maximum Gasteiger partial charge on any atom is 0.231 e. The number of anilines is 2. The number of carbonyl (C=O) groups excluding carboxylic acids is 1. The summed E-state index contributed by atoms with van der Waals surface area (Å²) in [6.07, 6.45) is 1.15. The van der Waals surface area contributed by atoms with Crippen molar-refractivity contribution in [1.29, 1.82) is 0 Å². The predicted molar refractivity (Wildman–Crippen MR) is 131 cm³/mol. The van der Waals surface area contributed by atoms with Gasteiger partial charge in [0.25, 0.3) is 0 Å². The molecule has 2 aromatic carbocycles. The normalized spacial score (nSPS) is 21.4. The van der Waals surface area contributed by atoms with Gasteiger partial charge < -0.3 is 14.5 Å². The summed E-state index contributed by atoms with van der Waals surface area (Å²) in [5.74, 6) is 0.965. The third-order valence-electron chi connectivity index (χ3n) is 6.65. The molecule has 1 saturated heterocycles. The van der Waals surface area contributed by atoms with Gasteiger partial charge in [0.15, 0.2) is 0 Å². The van der Waals surface area contributed by atoms with Gasteiger partial charge in [-0.15, -0.1) is 0 Å². The molecule has 2 aliphatic rings. The molecular weight excluding hydrogens is 478 g/mol. The van der Waals surface area contributed by atoms with Crippen molar-refractivity contribution in [2.75, 3.05) is 43.6 Å². The fourth-order valence-corrected chi connectivity index (χ4v) is 5.22. The number of benzene rings is 2. The zero-order valence-corrected chi connectivity index (χ0v) is 20.8. The zero-order valence-electron chi connectivity index (χ0n) is 18.5. The monoisotopic (exact) mass is 505 g/mol. The second-order valence-corrected chi connectivity index (χ2v) is 9.81. The van der Waals surface area contributed by atoms with Crippen LogP contribution in [0.1, 0.15) is 25.0 Å². The van der Waals surface area contributed by atoms with Crippen LogP contribution in [-0.2, 0) is 17.6 Å². The van der Waals surface area contributed by atoms with Crippen LogP contribution in [0.4, 0.5) is 11.4 Å². The minimum absolute atomic E-state index is 0.0814. The Morgan fingerprint density at radius 1 is 1.19 bits per heavy atom. The zero-order chi connectivity index (χ0) is 22.3. The maximum absolute atomic E-state index is 13.2. The lowest BCUT2D eigenvalue weighted by molar-refractivity contribution is -0.117. The van der Waals surface area contributed by atoms with Gasteiger partial charge in [0.2, 0.25) is 5.91 Å². The highest BCUT2D eigenvalue weighted by molar-refractivity contribution is 9.10. The van der Waals surface area contributed by atoms with E-state index in [1.807, 2.05) is 23.1 Å². The Labute approximate surface area is 198 Å². The second-order valence-electron chi connectivity index (χ2n) is 8.61. The Morgan fingerprint density at radius 3 is 2.58 bits per heavy atom. The first-order valence-electron chi connectivity index (χ1n) is 10.7. The van der Waals surface area contributed by atoms with Crippen molar-refractivity contribution in [2.24, 2.45) is 0 Å². The molecule has 1 amide bonds. The van der Waals surface area contributed by atoms with Crippen LogP contribution in [0.2, 0.25) is 5.02 Å². The number of carbonyl (C=O) groups is 1. The van der Waals surface area contributed by atoms with Crippen LogP contribution in [0.3, 0.4) is 0 Å². The van der Waals surface area contributed by atoms with Crippen LogP contribution in [0.15, 0.2) is 34.8 Å². The molecule has 0 aromatic heterocycles. The van der Waals surface area contributed by atoms with Gasteiger partial charge in [0, 0.05) is 41.9 Å². The third kappa shape index (κ3) is 4.30. The fraction of sp³-hybridized carbons (Fsp3) is 0.458. The van der Waals surface area contributed by atoms with Crippen molar-refractivity contribution in [3.8, 4) is 5.75 Å². The van der Waals surface area contributed by atoms with Gasteiger partial charge in [-0.25, -0.2) is 0 Å². The maximum atomic E-state index is 13.2. The quantitative estimate of drug-likeness (QED) is 0.598. The van der Waals surface area contributed by atoms with Crippen LogP contribution >= 0.6 is 27.5 Å². The van der Waals surface area contributed by atoms with E-state index >= 15 is 0 Å². The van der Waals surface area contributed by atoms with E-state index in [0.717, 1.165) is 52.2 Å². The summed E-state index contributed by atoms with van der Waals surface area (Å²) in [5.41, 5.74) is 4.13. The summed E-state index contributed by atoms with van der Waals surface area (Å²) in [6, 6.07) is 10.8. The predicted octanol–water partition coefficient (Wildman–Crippen LogP) is 4.77. The lowest BCUT2D eigenvalue weighted by Gasteiger charge is -2.44. The highest BCUT2D eigenvalue weighted by atomic mass is 79.9. The molecule has 4 rings (SSSR count). The van der Waals surface area contributed by atoms with Crippen molar-refractivity contribution in [3.05, 3.63) is 51.0 Å². The number of halogens is 2. The molecule has 0 aliphatic carbocycles. The molecule has 2 aromatic rings. The largest absolute Gasteiger partial charge is 0.495 e. The number of nitrogens with zero attached hydrogens (tertiary/aromatic N) is 3. The number of rotatable bonds is 4. The molecule has 7 heteroatoms. The summed E-state index contributed by atoms with van der Waals surface area (Å²) in [7, 11) is 3.91. The lowest BCUT2D eigenvalue weighted by atomic mass is 10.1. The molecular formula is C24H29BrClN3O2. The standard InChI is InChI=1S/C24H29BrClN3O2/c1-15-13-28(14-16(2)27(15)3)21-12-20-17(10-22(21)31-4)8-9-29(20)23(30)11-18-6-5-7-19(26)24(18)25/h5-7,10,12,15-16H,8-9,11,13-14H2,1-4H3/t15-,16+. The van der Waals surface area contributed by atoms with Gasteiger partial charge in [-0.3, -0.25) is 9.69 Å². The van der Waals surface area contributed by atoms with E-state index in [9.17, 15) is 4.79 Å². The SMILES string of the molecule is COc1cc2c(cc1N1C[C@@H](C)N(C)[C@@H](C)C1)N(C(=O)Cc1cccc(Cl)c1Br)CC2. The molecule has 2 atom stereocenters. The molecule has 2 aliphatic heterocycles. The summed E-state index contributed by atoms with van der Waals surface area (Å²) < 4.78 is 6.55. The van der Waals surface area contributed by atoms with Crippen molar-refractivity contribution in [2.45, 2.75) is 38.8 Å². The van der Waals surface area contributed by atoms with Crippen molar-refractivity contribution < 1.29 is 9.53 Å². The first-order chi connectivity index (χ1) is 14.8. The van der Waals surface area contributed by atoms with E-state index in [4.69, 9.17) is 16.3 Å². The number of likely N-dealkylation sites (N-methyl/N-ethyl adjacent to an activating group) is 1. The molecule has 31 heavy (non-hydrogen) atoms. The summed E-state index contributed by atoms with van der Waals surface area (Å²) in [6.45, 7) is 7.05. The van der Waals surface area contributed by atoms with Gasteiger partial charge >= 0.3 is 0 Å². The van der Waals surface area contributed by atoms with E-state index in [-0.39, 0.29) is 5.91 Å². The Kier molecular flexibility index (Phi) is 6.52. The number of hydrogen-bond acceptors (Lipinski definition) is 4. The highest BCUT2D eigenvalue weighted by Crippen LogP contribution is 2.40. The number of fused-ring (bicyclic) bond motifs is 1. The van der Waals surface area contributed by atoms with Gasteiger partial charge in [-0.05, 0) is 72.6 Å². The van der Waals surface area contributed by atoms with E-state index in [0.29, 0.717) is 30.1 Å². The minimum Gasteiger partial charge on any atom is -0.495 e. The molecule has 5 nitrogen and oxygen atoms in total. The first-order valence-corrected chi connectivity index (χ1v) is 11.9. The lowest BCUT2D eigenvalue weighted by Crippen LogP contribution is -2.55. The number of amides is 1. The van der Waals surface area contributed by atoms with Crippen molar-refractivity contribution in [3.63, 3.8) is 0 Å². The van der Waals surface area contributed by atoms with Gasteiger partial charge in [0.05, 0.1) is 24.2 Å². The van der Waals surface area contributed by atoms with Gasteiger partial charge in [-0.1, -0.05) is 23.7 Å². The Bertz CT molecular complexity index is 987. The first kappa shape index (κ1) is 22.4. The molecule has 0 saturated carbocycles. The van der Waals surface area contributed by atoms with Crippen molar-refractivity contribution in [1.82, 2.24) is 4.90 Å². The number of ether oxygens (including phenoxy) is 1. The third-order valence-corrected chi connectivity index (χ3v) is 8.13. The van der Waals surface area contributed by atoms with Crippen LogP contribution in [0.25, 0.3) is 0 Å². The number of methoxy groups -OCH3 is 1. The average molecular weight is 507 g/mol. The molecule has 0 bridgehead atoms. The topological polar surface area (TPSA) is 36.0 Å². The summed E-state index contributed by atoms with van der Waals surface area (Å²) in [5, 5.41) is 0.623. The number of piperazine rings is 1. The van der Waals surface area contributed by atoms with E-state index in [1.165, 1.54) is 0 Å². The molecule has 0 unspecified atom stereocenters. The Hall–Kier alpha value is -1.76.